The molecule has 0 fully saturated rings. The summed E-state index contributed by atoms with van der Waals surface area (Å²) in [5, 5.41) is 0. The number of hydrogen-bond donors (Lipinski definition) is 0. The number of ketones is 1. The fraction of sp³-hybridized carbons (Fsp3) is 0.250. The summed E-state index contributed by atoms with van der Waals surface area (Å²) in [5.74, 6) is 0.469. The molecule has 0 spiro atoms. The maximum atomic E-state index is 11.9. The van der Waals surface area contributed by atoms with Gasteiger partial charge in [0.2, 0.25) is 0 Å². The molecule has 0 aromatic heterocycles. The van der Waals surface area contributed by atoms with Crippen LogP contribution in [0.2, 0.25) is 0 Å². The minimum Gasteiger partial charge on any atom is -0.611 e. The predicted molar refractivity (Wildman–Crippen MR) is 73.0 cm³/mol. The highest BCUT2D eigenvalue weighted by atomic mass is 32.3. The fourth-order valence-electron chi connectivity index (χ4n) is 1.23. The number of methoxy groups -OCH3 is 1. The van der Waals surface area contributed by atoms with E-state index in [1.54, 1.807) is 43.9 Å². The van der Waals surface area contributed by atoms with Gasteiger partial charge in [-0.3, -0.25) is 4.79 Å². The lowest BCUT2D eigenvalue weighted by atomic mass is 10.1. The Balaban J connectivity index is 2.96. The van der Waals surface area contributed by atoms with Crippen molar-refractivity contribution < 1.29 is 14.1 Å². The highest BCUT2D eigenvalue weighted by molar-refractivity contribution is 8.18. The summed E-state index contributed by atoms with van der Waals surface area (Å²) >= 11 is 0.187. The molecule has 17 heavy (non-hydrogen) atoms. The van der Waals surface area contributed by atoms with E-state index in [0.717, 1.165) is 0 Å². The molecule has 0 heterocycles. The van der Waals surface area contributed by atoms with Gasteiger partial charge in [-0.2, -0.15) is 0 Å². The number of rotatable bonds is 5. The molecule has 5 heteroatoms. The zero-order chi connectivity index (χ0) is 12.8. The minimum absolute atomic E-state index is 0.163. The Morgan fingerprint density at radius 2 is 2.24 bits per heavy atom. The molecule has 0 N–H and O–H groups in total. The van der Waals surface area contributed by atoms with E-state index >= 15 is 0 Å². The van der Waals surface area contributed by atoms with Gasteiger partial charge in [0.05, 0.1) is 7.11 Å². The van der Waals surface area contributed by atoms with Crippen LogP contribution in [0.25, 0.3) is 0 Å². The normalized spacial score (nSPS) is 13.3. The van der Waals surface area contributed by atoms with Gasteiger partial charge in [0.25, 0.3) is 0 Å². The Kier molecular flexibility index (Phi) is 5.61. The van der Waals surface area contributed by atoms with Gasteiger partial charge in [-0.1, -0.05) is 23.9 Å². The maximum Gasteiger partial charge on any atom is 0.191 e. The second-order valence-electron chi connectivity index (χ2n) is 3.22. The van der Waals surface area contributed by atoms with Crippen molar-refractivity contribution >= 4 is 28.7 Å². The van der Waals surface area contributed by atoms with Gasteiger partial charge in [-0.25, -0.2) is 0 Å². The standard InChI is InChI=1S/C12H14O3S2/c1-15-10-6-4-5-9(7-10)11(13)8-12(16-2)17(3)14/h4-8H,1-3H3/b12-8+. The Morgan fingerprint density at radius 1 is 1.53 bits per heavy atom. The van der Waals surface area contributed by atoms with E-state index < -0.39 is 11.2 Å². The first-order valence-electron chi connectivity index (χ1n) is 4.86. The lowest BCUT2D eigenvalue weighted by Gasteiger charge is -2.06. The monoisotopic (exact) mass is 270 g/mol. The van der Waals surface area contributed by atoms with Crippen LogP contribution in [-0.2, 0) is 11.2 Å². The van der Waals surface area contributed by atoms with Crippen LogP contribution in [0.15, 0.2) is 34.6 Å². The van der Waals surface area contributed by atoms with Crippen LogP contribution in [0.3, 0.4) is 0 Å². The molecule has 1 aromatic rings. The highest BCUT2D eigenvalue weighted by Crippen LogP contribution is 2.20. The molecule has 0 radical (unpaired) electrons. The van der Waals surface area contributed by atoms with Gasteiger partial charge in [0, 0.05) is 11.6 Å². The minimum atomic E-state index is -1.13. The van der Waals surface area contributed by atoms with Crippen molar-refractivity contribution in [1.82, 2.24) is 0 Å². The zero-order valence-electron chi connectivity index (χ0n) is 9.93. The number of allylic oxidation sites excluding steroid dienone is 1. The van der Waals surface area contributed by atoms with E-state index in [1.165, 1.54) is 17.8 Å². The van der Waals surface area contributed by atoms with E-state index in [9.17, 15) is 9.35 Å². The van der Waals surface area contributed by atoms with Crippen LogP contribution in [0.1, 0.15) is 10.4 Å². The third kappa shape index (κ3) is 4.11. The molecule has 0 aliphatic carbocycles. The summed E-state index contributed by atoms with van der Waals surface area (Å²) in [5.41, 5.74) is 0.529. The first-order valence-corrected chi connectivity index (χ1v) is 7.64. The second-order valence-corrected chi connectivity index (χ2v) is 5.67. The summed E-state index contributed by atoms with van der Waals surface area (Å²) in [6.45, 7) is 0. The number of hydrogen-bond acceptors (Lipinski definition) is 4. The smallest absolute Gasteiger partial charge is 0.191 e. The molecule has 1 rings (SSSR count). The van der Waals surface area contributed by atoms with E-state index in [2.05, 4.69) is 0 Å². The lowest BCUT2D eigenvalue weighted by Crippen LogP contribution is -2.02. The van der Waals surface area contributed by atoms with Gasteiger partial charge in [-0.15, -0.1) is 0 Å². The predicted octanol–water partition coefficient (Wildman–Crippen LogP) is 2.46. The zero-order valence-corrected chi connectivity index (χ0v) is 11.6. The molecule has 0 saturated carbocycles. The molecule has 0 aliphatic heterocycles. The van der Waals surface area contributed by atoms with Crippen LogP contribution in [0.4, 0.5) is 0 Å². The van der Waals surface area contributed by atoms with E-state index in [-0.39, 0.29) is 5.78 Å². The molecular weight excluding hydrogens is 256 g/mol. The van der Waals surface area contributed by atoms with E-state index in [1.807, 2.05) is 0 Å². The van der Waals surface area contributed by atoms with Crippen LogP contribution in [0.5, 0.6) is 5.75 Å². The van der Waals surface area contributed by atoms with Gasteiger partial charge in [0.15, 0.2) is 10.0 Å². The number of carbonyl (C=O) groups excluding carboxylic acids is 1. The third-order valence-corrected chi connectivity index (χ3v) is 4.50. The molecule has 0 amide bonds. The van der Waals surface area contributed by atoms with Crippen LogP contribution < -0.4 is 4.74 Å². The Bertz CT molecular complexity index is 428. The first kappa shape index (κ1) is 14.2. The van der Waals surface area contributed by atoms with Gasteiger partial charge in [-0.05, 0) is 29.6 Å². The fourth-order valence-corrected chi connectivity index (χ4v) is 2.66. The molecule has 0 aliphatic rings. The van der Waals surface area contributed by atoms with Crippen LogP contribution in [-0.4, -0.2) is 30.0 Å². The summed E-state index contributed by atoms with van der Waals surface area (Å²) in [4.78, 5) is 11.9. The lowest BCUT2D eigenvalue weighted by molar-refractivity contribution is 0.104. The van der Waals surface area contributed by atoms with Gasteiger partial charge in [0.1, 0.15) is 12.0 Å². The van der Waals surface area contributed by atoms with Crippen molar-refractivity contribution in [3.63, 3.8) is 0 Å². The molecule has 3 nitrogen and oxygen atoms in total. The number of ether oxygens (including phenoxy) is 1. The largest absolute Gasteiger partial charge is 0.611 e. The van der Waals surface area contributed by atoms with Crippen molar-refractivity contribution in [2.24, 2.45) is 0 Å². The van der Waals surface area contributed by atoms with Gasteiger partial charge >= 0.3 is 0 Å². The number of thioether (sulfide) groups is 1. The van der Waals surface area contributed by atoms with Crippen LogP contribution >= 0.6 is 11.8 Å². The topological polar surface area (TPSA) is 49.4 Å². The SMILES string of the molecule is COc1cccc(C(=O)/C=C(\SC)[S+](C)[O-])c1. The van der Waals surface area contributed by atoms with Crippen molar-refractivity contribution in [3.8, 4) is 5.75 Å². The average Bonchev–Trinajstić information content (AvgIpc) is 2.35. The Hall–Kier alpha value is -0.910. The van der Waals surface area contributed by atoms with Crippen molar-refractivity contribution in [1.29, 1.82) is 0 Å². The number of carbonyl (C=O) groups is 1. The van der Waals surface area contributed by atoms with Crippen LogP contribution in [0, 0.1) is 0 Å². The Morgan fingerprint density at radius 3 is 2.76 bits per heavy atom. The maximum absolute atomic E-state index is 11.9. The summed E-state index contributed by atoms with van der Waals surface area (Å²) < 4.78 is 16.9. The molecule has 1 unspecified atom stereocenters. The summed E-state index contributed by atoms with van der Waals surface area (Å²) in [6.07, 6.45) is 4.77. The van der Waals surface area contributed by atoms with Crippen molar-refractivity contribution in [3.05, 3.63) is 40.1 Å². The number of benzene rings is 1. The van der Waals surface area contributed by atoms with Gasteiger partial charge < -0.3 is 9.29 Å². The molecule has 92 valence electrons. The molecule has 1 atom stereocenters. The van der Waals surface area contributed by atoms with E-state index in [0.29, 0.717) is 15.6 Å². The first-order chi connectivity index (χ1) is 8.08. The Labute approximate surface area is 108 Å². The molecular formula is C12H14O3S2. The van der Waals surface area contributed by atoms with E-state index in [4.69, 9.17) is 4.74 Å². The molecule has 0 bridgehead atoms. The molecule has 1 aromatic carbocycles. The second kappa shape index (κ2) is 6.74. The highest BCUT2D eigenvalue weighted by Gasteiger charge is 2.12. The average molecular weight is 270 g/mol. The van der Waals surface area contributed by atoms with Crippen molar-refractivity contribution in [2.75, 3.05) is 19.6 Å². The molecule has 0 saturated heterocycles. The quantitative estimate of drug-likeness (QED) is 0.468. The summed E-state index contributed by atoms with van der Waals surface area (Å²) in [6, 6.07) is 6.89. The van der Waals surface area contributed by atoms with Crippen molar-refractivity contribution in [2.45, 2.75) is 0 Å². The third-order valence-electron chi connectivity index (χ3n) is 2.09. The summed E-state index contributed by atoms with van der Waals surface area (Å²) in [7, 11) is 1.55.